The molecule has 0 radical (unpaired) electrons. The SMILES string of the molecule is CC(=O)OC1CCCC2CCC3(C)C4C(C(C)CCC=O)CCC4(C)CCC34C(C)(C)C214. The molecule has 5 rings (SSSR count). The molecular weight excluding hydrogens is 396 g/mol. The van der Waals surface area contributed by atoms with E-state index >= 15 is 0 Å². The van der Waals surface area contributed by atoms with Gasteiger partial charge in [0.2, 0.25) is 0 Å². The Kier molecular flexibility index (Phi) is 5.07. The van der Waals surface area contributed by atoms with Gasteiger partial charge in [-0.15, -0.1) is 0 Å². The number of hydrogen-bond acceptors (Lipinski definition) is 3. The molecule has 9 atom stereocenters. The van der Waals surface area contributed by atoms with Crippen molar-refractivity contribution in [3.8, 4) is 0 Å². The lowest BCUT2D eigenvalue weighted by Gasteiger charge is -2.63. The molecule has 0 aromatic heterocycles. The van der Waals surface area contributed by atoms with E-state index in [0.717, 1.165) is 31.0 Å². The van der Waals surface area contributed by atoms with Crippen molar-refractivity contribution in [2.45, 2.75) is 118 Å². The Morgan fingerprint density at radius 3 is 2.47 bits per heavy atom. The van der Waals surface area contributed by atoms with Crippen LogP contribution < -0.4 is 0 Å². The first-order valence-electron chi connectivity index (χ1n) is 13.6. The van der Waals surface area contributed by atoms with Crippen molar-refractivity contribution in [2.75, 3.05) is 0 Å². The summed E-state index contributed by atoms with van der Waals surface area (Å²) in [4.78, 5) is 23.4. The summed E-state index contributed by atoms with van der Waals surface area (Å²) in [7, 11) is 0. The lowest BCUT2D eigenvalue weighted by molar-refractivity contribution is -0.180. The summed E-state index contributed by atoms with van der Waals surface area (Å²) >= 11 is 0. The molecule has 0 bridgehead atoms. The third kappa shape index (κ3) is 2.40. The van der Waals surface area contributed by atoms with Crippen LogP contribution in [0.1, 0.15) is 112 Å². The molecule has 0 aromatic carbocycles. The van der Waals surface area contributed by atoms with Gasteiger partial charge >= 0.3 is 5.97 Å². The molecule has 0 amide bonds. The molecule has 0 aliphatic heterocycles. The summed E-state index contributed by atoms with van der Waals surface area (Å²) in [6, 6.07) is 0. The van der Waals surface area contributed by atoms with Crippen LogP contribution in [0, 0.1) is 50.7 Å². The average Bonchev–Trinajstić information content (AvgIpc) is 2.98. The van der Waals surface area contributed by atoms with E-state index in [0.29, 0.717) is 29.1 Å². The molecule has 3 heteroatoms. The van der Waals surface area contributed by atoms with Gasteiger partial charge in [0, 0.05) is 18.8 Å². The van der Waals surface area contributed by atoms with Gasteiger partial charge in [0.05, 0.1) is 0 Å². The summed E-state index contributed by atoms with van der Waals surface area (Å²) in [6.45, 7) is 14.4. The normalized spacial score (nSPS) is 51.4. The first-order chi connectivity index (χ1) is 15.0. The van der Waals surface area contributed by atoms with Crippen molar-refractivity contribution in [3.05, 3.63) is 0 Å². The Labute approximate surface area is 195 Å². The van der Waals surface area contributed by atoms with Crippen LogP contribution in [0.15, 0.2) is 0 Å². The summed E-state index contributed by atoms with van der Waals surface area (Å²) in [6.07, 6.45) is 14.5. The topological polar surface area (TPSA) is 43.4 Å². The lowest BCUT2D eigenvalue weighted by atomic mass is 9.42. The molecule has 32 heavy (non-hydrogen) atoms. The van der Waals surface area contributed by atoms with Crippen LogP contribution in [-0.4, -0.2) is 18.4 Å². The molecule has 180 valence electrons. The molecule has 5 aliphatic rings. The maximum Gasteiger partial charge on any atom is 0.302 e. The summed E-state index contributed by atoms with van der Waals surface area (Å²) in [5.41, 5.74) is 1.40. The van der Waals surface area contributed by atoms with Gasteiger partial charge in [-0.3, -0.25) is 4.79 Å². The summed E-state index contributed by atoms with van der Waals surface area (Å²) < 4.78 is 6.22. The fourth-order valence-corrected chi connectivity index (χ4v) is 12.2. The number of hydrogen-bond donors (Lipinski definition) is 0. The second kappa shape index (κ2) is 7.08. The van der Waals surface area contributed by atoms with E-state index in [-0.39, 0.29) is 28.3 Å². The molecule has 5 aliphatic carbocycles. The van der Waals surface area contributed by atoms with Gasteiger partial charge in [-0.2, -0.15) is 0 Å². The zero-order chi connectivity index (χ0) is 23.2. The fourth-order valence-electron chi connectivity index (χ4n) is 12.2. The van der Waals surface area contributed by atoms with Gasteiger partial charge < -0.3 is 9.53 Å². The van der Waals surface area contributed by atoms with E-state index in [9.17, 15) is 9.59 Å². The van der Waals surface area contributed by atoms with Crippen molar-refractivity contribution in [3.63, 3.8) is 0 Å². The maximum atomic E-state index is 12.2. The molecule has 3 nitrogen and oxygen atoms in total. The molecule has 5 fully saturated rings. The number of aldehydes is 1. The van der Waals surface area contributed by atoms with Crippen molar-refractivity contribution < 1.29 is 14.3 Å². The molecule has 0 heterocycles. The molecular formula is C29H46O3. The van der Waals surface area contributed by atoms with E-state index in [1.807, 2.05) is 0 Å². The number of carbonyl (C=O) groups is 2. The highest BCUT2D eigenvalue weighted by Crippen LogP contribution is 2.96. The zero-order valence-corrected chi connectivity index (χ0v) is 21.5. The Morgan fingerprint density at radius 2 is 1.78 bits per heavy atom. The molecule has 2 spiro atoms. The molecule has 0 N–H and O–H groups in total. The predicted molar refractivity (Wildman–Crippen MR) is 127 cm³/mol. The zero-order valence-electron chi connectivity index (χ0n) is 21.5. The summed E-state index contributed by atoms with van der Waals surface area (Å²) in [5.74, 6) is 2.69. The van der Waals surface area contributed by atoms with Crippen LogP contribution in [0.25, 0.3) is 0 Å². The number of esters is 1. The second-order valence-electron chi connectivity index (χ2n) is 13.6. The van der Waals surface area contributed by atoms with Gasteiger partial charge in [-0.1, -0.05) is 34.6 Å². The fraction of sp³-hybridized carbons (Fsp3) is 0.931. The van der Waals surface area contributed by atoms with E-state index in [1.165, 1.54) is 51.4 Å². The average molecular weight is 443 g/mol. The number of carbonyl (C=O) groups excluding carboxylic acids is 2. The maximum absolute atomic E-state index is 12.2. The molecule has 5 saturated carbocycles. The highest BCUT2D eigenvalue weighted by molar-refractivity contribution is 5.66. The van der Waals surface area contributed by atoms with Crippen molar-refractivity contribution >= 4 is 12.3 Å². The van der Waals surface area contributed by atoms with Crippen LogP contribution in [0.4, 0.5) is 0 Å². The number of fused-ring (bicyclic) bond motifs is 2. The quantitative estimate of drug-likeness (QED) is 0.341. The minimum Gasteiger partial charge on any atom is -0.462 e. The standard InChI is InChI=1S/C29H46O3/c1-19(9-8-18-30)22-13-14-26(5)16-17-28-25(3,4)29(28)21(12-15-27(28,6)24(22)26)10-7-11-23(29)32-20(2)31/h18-19,21-24H,7-17H2,1-6H3. The van der Waals surface area contributed by atoms with E-state index in [4.69, 9.17) is 4.74 Å². The van der Waals surface area contributed by atoms with Crippen molar-refractivity contribution in [2.24, 2.45) is 50.7 Å². The Hall–Kier alpha value is -0.860. The third-order valence-corrected chi connectivity index (χ3v) is 12.7. The van der Waals surface area contributed by atoms with Crippen molar-refractivity contribution in [1.29, 1.82) is 0 Å². The van der Waals surface area contributed by atoms with Crippen LogP contribution in [0.2, 0.25) is 0 Å². The Bertz CT molecular complexity index is 802. The third-order valence-electron chi connectivity index (χ3n) is 12.7. The van der Waals surface area contributed by atoms with Gasteiger partial charge in [0.1, 0.15) is 12.4 Å². The largest absolute Gasteiger partial charge is 0.462 e. The van der Waals surface area contributed by atoms with E-state index in [1.54, 1.807) is 6.92 Å². The monoisotopic (exact) mass is 442 g/mol. The molecule has 9 unspecified atom stereocenters. The van der Waals surface area contributed by atoms with Crippen molar-refractivity contribution in [1.82, 2.24) is 0 Å². The first-order valence-corrected chi connectivity index (χ1v) is 13.6. The summed E-state index contributed by atoms with van der Waals surface area (Å²) in [5, 5.41) is 0. The number of ether oxygens (including phenoxy) is 1. The highest BCUT2D eigenvalue weighted by Gasteiger charge is 2.94. The van der Waals surface area contributed by atoms with Crippen LogP contribution in [0.5, 0.6) is 0 Å². The Balaban J connectivity index is 1.60. The molecule has 0 saturated heterocycles. The van der Waals surface area contributed by atoms with Gasteiger partial charge in [0.15, 0.2) is 0 Å². The van der Waals surface area contributed by atoms with Gasteiger partial charge in [-0.25, -0.2) is 0 Å². The Morgan fingerprint density at radius 1 is 1.03 bits per heavy atom. The van der Waals surface area contributed by atoms with Crippen LogP contribution >= 0.6 is 0 Å². The van der Waals surface area contributed by atoms with Gasteiger partial charge in [0.25, 0.3) is 0 Å². The van der Waals surface area contributed by atoms with Gasteiger partial charge in [-0.05, 0) is 110 Å². The van der Waals surface area contributed by atoms with E-state index < -0.39 is 0 Å². The van der Waals surface area contributed by atoms with Crippen LogP contribution in [0.3, 0.4) is 0 Å². The minimum absolute atomic E-state index is 0.0861. The molecule has 0 aromatic rings. The first kappa shape index (κ1) is 22.9. The smallest absolute Gasteiger partial charge is 0.302 e. The second-order valence-corrected chi connectivity index (χ2v) is 13.6. The predicted octanol–water partition coefficient (Wildman–Crippen LogP) is 6.97. The number of rotatable bonds is 5. The minimum atomic E-state index is -0.0861. The van der Waals surface area contributed by atoms with Crippen LogP contribution in [-0.2, 0) is 14.3 Å². The van der Waals surface area contributed by atoms with E-state index in [2.05, 4.69) is 34.6 Å². The highest BCUT2D eigenvalue weighted by atomic mass is 16.5. The lowest BCUT2D eigenvalue weighted by Crippen LogP contribution is -2.58.